The molecule has 0 aromatic carbocycles. The topological polar surface area (TPSA) is 72.1 Å². The average molecular weight is 258 g/mol. The van der Waals surface area contributed by atoms with Gasteiger partial charge in [-0.15, -0.1) is 0 Å². The zero-order valence-corrected chi connectivity index (χ0v) is 11.7. The molecule has 0 spiro atoms. The van der Waals surface area contributed by atoms with Gasteiger partial charge >= 0.3 is 0 Å². The van der Waals surface area contributed by atoms with Gasteiger partial charge in [-0.2, -0.15) is 0 Å². The first-order chi connectivity index (χ1) is 8.74. The van der Waals surface area contributed by atoms with E-state index in [0.717, 1.165) is 18.4 Å². The lowest BCUT2D eigenvalue weighted by atomic mass is 10.2. The van der Waals surface area contributed by atoms with Gasteiger partial charge in [0.05, 0.1) is 19.8 Å². The average Bonchev–Trinajstić information content (AvgIpc) is 3.21. The minimum atomic E-state index is 0.442. The predicted octanol–water partition coefficient (Wildman–Crippen LogP) is 0.199. The molecule has 1 fully saturated rings. The highest BCUT2D eigenvalue weighted by Gasteiger charge is 2.33. The Bertz CT molecular complexity index is 256. The summed E-state index contributed by atoms with van der Waals surface area (Å²) in [4.78, 5) is 6.63. The van der Waals surface area contributed by atoms with E-state index in [9.17, 15) is 0 Å². The lowest BCUT2D eigenvalue weighted by Gasteiger charge is -2.31. The third-order valence-electron chi connectivity index (χ3n) is 3.29. The van der Waals surface area contributed by atoms with Crippen LogP contribution < -0.4 is 11.3 Å². The van der Waals surface area contributed by atoms with E-state index >= 15 is 0 Å². The maximum absolute atomic E-state index is 5.58. The van der Waals surface area contributed by atoms with Crippen molar-refractivity contribution in [3.8, 4) is 0 Å². The second-order valence-corrected chi connectivity index (χ2v) is 4.61. The van der Waals surface area contributed by atoms with Gasteiger partial charge < -0.3 is 14.4 Å². The highest BCUT2D eigenvalue weighted by Crippen LogP contribution is 2.35. The van der Waals surface area contributed by atoms with E-state index in [-0.39, 0.29) is 0 Å². The Balaban J connectivity index is 2.61. The Morgan fingerprint density at radius 2 is 2.06 bits per heavy atom. The van der Waals surface area contributed by atoms with E-state index in [0.29, 0.717) is 25.8 Å². The summed E-state index contributed by atoms with van der Waals surface area (Å²) in [5, 5.41) is 0. The Hall–Kier alpha value is -0.850. The summed E-state index contributed by atoms with van der Waals surface area (Å²) in [6.07, 6.45) is 2.58. The first kappa shape index (κ1) is 15.2. The van der Waals surface area contributed by atoms with Crippen molar-refractivity contribution in [2.45, 2.75) is 25.8 Å². The van der Waals surface area contributed by atoms with Crippen LogP contribution in [0.25, 0.3) is 0 Å². The molecule has 6 nitrogen and oxygen atoms in total. The number of nitrogens with two attached hydrogens (primary N) is 1. The second kappa shape index (κ2) is 8.29. The van der Waals surface area contributed by atoms with E-state index in [1.165, 1.54) is 12.8 Å². The summed E-state index contributed by atoms with van der Waals surface area (Å²) in [6, 6.07) is 0.442. The first-order valence-corrected chi connectivity index (χ1v) is 6.50. The molecule has 6 heteroatoms. The van der Waals surface area contributed by atoms with E-state index in [4.69, 9.17) is 15.3 Å². The van der Waals surface area contributed by atoms with Crippen LogP contribution in [0.3, 0.4) is 0 Å². The Morgan fingerprint density at radius 1 is 1.39 bits per heavy atom. The van der Waals surface area contributed by atoms with Crippen LogP contribution in [0.5, 0.6) is 0 Å². The van der Waals surface area contributed by atoms with Gasteiger partial charge in [0.2, 0.25) is 5.96 Å². The molecule has 1 atom stereocenters. The Morgan fingerprint density at radius 3 is 2.56 bits per heavy atom. The molecule has 0 aromatic heterocycles. The van der Waals surface area contributed by atoms with Crippen LogP contribution in [-0.2, 0) is 9.47 Å². The molecule has 0 radical (unpaired) electrons. The second-order valence-electron chi connectivity index (χ2n) is 4.61. The van der Waals surface area contributed by atoms with Crippen molar-refractivity contribution in [2.24, 2.45) is 16.8 Å². The van der Waals surface area contributed by atoms with Crippen LogP contribution >= 0.6 is 0 Å². The molecule has 1 saturated carbocycles. The molecule has 3 N–H and O–H groups in total. The van der Waals surface area contributed by atoms with E-state index in [2.05, 4.69) is 22.2 Å². The fourth-order valence-electron chi connectivity index (χ4n) is 1.99. The van der Waals surface area contributed by atoms with Gasteiger partial charge in [0.25, 0.3) is 0 Å². The number of hydrazine groups is 1. The molecule has 0 bridgehead atoms. The Kier molecular flexibility index (Phi) is 7.00. The molecule has 0 aromatic rings. The van der Waals surface area contributed by atoms with Gasteiger partial charge in [-0.05, 0) is 25.7 Å². The van der Waals surface area contributed by atoms with Crippen LogP contribution in [0, 0.1) is 5.92 Å². The van der Waals surface area contributed by atoms with Gasteiger partial charge in [0.15, 0.2) is 0 Å². The first-order valence-electron chi connectivity index (χ1n) is 6.50. The lowest BCUT2D eigenvalue weighted by Crippen LogP contribution is -2.50. The normalized spacial score (nSPS) is 17.7. The summed E-state index contributed by atoms with van der Waals surface area (Å²) >= 11 is 0. The number of nitrogens with zero attached hydrogens (tertiary/aromatic N) is 2. The summed E-state index contributed by atoms with van der Waals surface area (Å²) < 4.78 is 10.2. The van der Waals surface area contributed by atoms with E-state index in [1.54, 1.807) is 14.2 Å². The molecule has 1 aliphatic carbocycles. The van der Waals surface area contributed by atoms with Crippen molar-refractivity contribution in [1.29, 1.82) is 0 Å². The van der Waals surface area contributed by atoms with E-state index in [1.807, 2.05) is 0 Å². The van der Waals surface area contributed by atoms with Crippen molar-refractivity contribution in [3.05, 3.63) is 0 Å². The molecular weight excluding hydrogens is 232 g/mol. The maximum Gasteiger partial charge on any atom is 0.208 e. The number of ether oxygens (including phenoxy) is 2. The zero-order valence-electron chi connectivity index (χ0n) is 11.7. The Labute approximate surface area is 109 Å². The van der Waals surface area contributed by atoms with Gasteiger partial charge in [-0.25, -0.2) is 10.8 Å². The molecule has 1 aliphatic rings. The minimum absolute atomic E-state index is 0.442. The fraction of sp³-hybridized carbons (Fsp3) is 0.917. The quantitative estimate of drug-likeness (QED) is 0.214. The molecule has 0 heterocycles. The van der Waals surface area contributed by atoms with Gasteiger partial charge in [0.1, 0.15) is 0 Å². The van der Waals surface area contributed by atoms with Crippen molar-refractivity contribution in [3.63, 3.8) is 0 Å². The third-order valence-corrected chi connectivity index (χ3v) is 3.29. The summed E-state index contributed by atoms with van der Waals surface area (Å²) in [5.41, 5.74) is 2.70. The third kappa shape index (κ3) is 4.80. The van der Waals surface area contributed by atoms with Gasteiger partial charge in [-0.3, -0.25) is 5.43 Å². The van der Waals surface area contributed by atoms with Crippen LogP contribution in [0.1, 0.15) is 19.8 Å². The van der Waals surface area contributed by atoms with Crippen LogP contribution in [0.15, 0.2) is 4.99 Å². The van der Waals surface area contributed by atoms with Crippen LogP contribution in [-0.4, -0.2) is 57.4 Å². The molecule has 0 aliphatic heterocycles. The van der Waals surface area contributed by atoms with Gasteiger partial charge in [0, 0.05) is 26.8 Å². The summed E-state index contributed by atoms with van der Waals surface area (Å²) in [5.74, 6) is 7.06. The standard InChI is InChI=1S/C12H26N4O2/c1-10(11-4-5-11)16(7-9-18-3)12(15-13)14-6-8-17-2/h10-11H,4-9,13H2,1-3H3,(H,14,15). The number of nitrogens with one attached hydrogen (secondary N) is 1. The number of hydrogen-bond donors (Lipinski definition) is 2. The van der Waals surface area contributed by atoms with E-state index < -0.39 is 0 Å². The largest absolute Gasteiger partial charge is 0.383 e. The van der Waals surface area contributed by atoms with Crippen LogP contribution in [0.4, 0.5) is 0 Å². The number of rotatable bonds is 8. The van der Waals surface area contributed by atoms with Crippen molar-refractivity contribution >= 4 is 5.96 Å². The monoisotopic (exact) mass is 258 g/mol. The highest BCUT2D eigenvalue weighted by atomic mass is 16.5. The molecule has 1 rings (SSSR count). The highest BCUT2D eigenvalue weighted by molar-refractivity contribution is 5.79. The number of methoxy groups -OCH3 is 2. The number of hydrogen-bond acceptors (Lipinski definition) is 4. The van der Waals surface area contributed by atoms with Crippen molar-refractivity contribution in [2.75, 3.05) is 40.5 Å². The summed E-state index contributed by atoms with van der Waals surface area (Å²) in [6.45, 7) is 4.89. The predicted molar refractivity (Wildman–Crippen MR) is 72.3 cm³/mol. The smallest absolute Gasteiger partial charge is 0.208 e. The molecular formula is C12H26N4O2. The molecule has 106 valence electrons. The van der Waals surface area contributed by atoms with Crippen molar-refractivity contribution < 1.29 is 9.47 Å². The molecule has 0 amide bonds. The fourth-order valence-corrected chi connectivity index (χ4v) is 1.99. The summed E-state index contributed by atoms with van der Waals surface area (Å²) in [7, 11) is 3.37. The lowest BCUT2D eigenvalue weighted by molar-refractivity contribution is 0.157. The molecule has 18 heavy (non-hydrogen) atoms. The zero-order chi connectivity index (χ0) is 13.4. The molecule has 0 saturated heterocycles. The number of aliphatic imine (C=N–C) groups is 1. The maximum atomic E-state index is 5.58. The minimum Gasteiger partial charge on any atom is -0.383 e. The number of guanidine groups is 1. The van der Waals surface area contributed by atoms with Crippen LogP contribution in [0.2, 0.25) is 0 Å². The SMILES string of the molecule is COCCN=C(NN)N(CCOC)C(C)C1CC1. The molecule has 1 unspecified atom stereocenters. The van der Waals surface area contributed by atoms with Gasteiger partial charge in [-0.1, -0.05) is 0 Å². The van der Waals surface area contributed by atoms with Crippen molar-refractivity contribution in [1.82, 2.24) is 10.3 Å².